The van der Waals surface area contributed by atoms with Gasteiger partial charge in [0.2, 0.25) is 0 Å². The van der Waals surface area contributed by atoms with Crippen molar-refractivity contribution in [3.8, 4) is 11.5 Å². The molecule has 0 radical (unpaired) electrons. The van der Waals surface area contributed by atoms with Crippen molar-refractivity contribution in [1.82, 2.24) is 0 Å². The molecule has 0 aliphatic rings. The molecule has 4 nitrogen and oxygen atoms in total. The molecule has 2 aromatic carbocycles. The Morgan fingerprint density at radius 2 is 1.84 bits per heavy atom. The third-order valence-corrected chi connectivity index (χ3v) is 2.77. The number of hydrogen-bond donors (Lipinski definition) is 2. The summed E-state index contributed by atoms with van der Waals surface area (Å²) in [5.74, 6) is -0.143. The summed E-state index contributed by atoms with van der Waals surface area (Å²) in [5.41, 5.74) is 1.80. The van der Waals surface area contributed by atoms with Crippen LogP contribution in [0.25, 0.3) is 0 Å². The van der Waals surface area contributed by atoms with Gasteiger partial charge in [-0.1, -0.05) is 12.1 Å². The van der Waals surface area contributed by atoms with Crippen LogP contribution in [0.4, 0.5) is 0 Å². The number of carbonyl (C=O) groups is 1. The Kier molecular flexibility index (Phi) is 3.71. The van der Waals surface area contributed by atoms with Gasteiger partial charge in [-0.2, -0.15) is 0 Å². The summed E-state index contributed by atoms with van der Waals surface area (Å²) in [6.07, 6.45) is 0. The number of phenols is 1. The highest BCUT2D eigenvalue weighted by Gasteiger charge is 2.08. The number of hydrogen-bond acceptors (Lipinski definition) is 3. The SMILES string of the molecule is Cc1ccc(COc2ccc(O)cc2)cc1C(=O)O. The predicted molar refractivity (Wildman–Crippen MR) is 70.6 cm³/mol. The third kappa shape index (κ3) is 3.25. The van der Waals surface area contributed by atoms with E-state index in [4.69, 9.17) is 14.9 Å². The van der Waals surface area contributed by atoms with Crippen molar-refractivity contribution in [3.63, 3.8) is 0 Å². The fourth-order valence-electron chi connectivity index (χ4n) is 1.70. The highest BCUT2D eigenvalue weighted by atomic mass is 16.5. The second kappa shape index (κ2) is 5.44. The molecule has 4 heteroatoms. The minimum atomic E-state index is -0.941. The maximum atomic E-state index is 11.0. The van der Waals surface area contributed by atoms with E-state index in [0.717, 1.165) is 11.1 Å². The fraction of sp³-hybridized carbons (Fsp3) is 0.133. The lowest BCUT2D eigenvalue weighted by molar-refractivity contribution is 0.0696. The summed E-state index contributed by atoms with van der Waals surface area (Å²) in [6, 6.07) is 11.6. The second-order valence-electron chi connectivity index (χ2n) is 4.24. The van der Waals surface area contributed by atoms with Crippen molar-refractivity contribution in [1.29, 1.82) is 0 Å². The summed E-state index contributed by atoms with van der Waals surface area (Å²) in [4.78, 5) is 11.0. The molecule has 19 heavy (non-hydrogen) atoms. The van der Waals surface area contributed by atoms with Gasteiger partial charge in [-0.25, -0.2) is 4.79 Å². The van der Waals surface area contributed by atoms with E-state index >= 15 is 0 Å². The molecule has 0 amide bonds. The van der Waals surface area contributed by atoms with Crippen molar-refractivity contribution in [3.05, 3.63) is 59.2 Å². The van der Waals surface area contributed by atoms with E-state index in [1.54, 1.807) is 31.2 Å². The summed E-state index contributed by atoms with van der Waals surface area (Å²) < 4.78 is 5.52. The largest absolute Gasteiger partial charge is 0.508 e. The van der Waals surface area contributed by atoms with Crippen LogP contribution in [0.2, 0.25) is 0 Å². The molecule has 0 aliphatic heterocycles. The van der Waals surface area contributed by atoms with Crippen molar-refractivity contribution >= 4 is 5.97 Å². The van der Waals surface area contributed by atoms with Crippen molar-refractivity contribution in [2.75, 3.05) is 0 Å². The first-order valence-electron chi connectivity index (χ1n) is 5.81. The maximum absolute atomic E-state index is 11.0. The molecule has 0 aliphatic carbocycles. The van der Waals surface area contributed by atoms with Gasteiger partial charge in [0.25, 0.3) is 0 Å². The van der Waals surface area contributed by atoms with Crippen LogP contribution in [0.1, 0.15) is 21.5 Å². The van der Waals surface area contributed by atoms with E-state index in [-0.39, 0.29) is 17.9 Å². The van der Waals surface area contributed by atoms with Gasteiger partial charge in [-0.3, -0.25) is 0 Å². The van der Waals surface area contributed by atoms with Crippen LogP contribution in [0.15, 0.2) is 42.5 Å². The normalized spacial score (nSPS) is 10.2. The minimum absolute atomic E-state index is 0.177. The maximum Gasteiger partial charge on any atom is 0.335 e. The van der Waals surface area contributed by atoms with E-state index in [0.29, 0.717) is 5.75 Å². The van der Waals surface area contributed by atoms with E-state index < -0.39 is 5.97 Å². The summed E-state index contributed by atoms with van der Waals surface area (Å²) in [7, 11) is 0. The summed E-state index contributed by atoms with van der Waals surface area (Å²) >= 11 is 0. The summed E-state index contributed by atoms with van der Waals surface area (Å²) in [5, 5.41) is 18.2. The molecule has 2 rings (SSSR count). The van der Waals surface area contributed by atoms with Crippen molar-refractivity contribution < 1.29 is 19.7 Å². The minimum Gasteiger partial charge on any atom is -0.508 e. The highest BCUT2D eigenvalue weighted by molar-refractivity contribution is 5.89. The van der Waals surface area contributed by atoms with Gasteiger partial charge in [-0.05, 0) is 48.4 Å². The van der Waals surface area contributed by atoms with E-state index in [1.807, 2.05) is 6.07 Å². The average molecular weight is 258 g/mol. The smallest absolute Gasteiger partial charge is 0.335 e. The molecule has 0 fully saturated rings. The molecule has 0 unspecified atom stereocenters. The van der Waals surface area contributed by atoms with Gasteiger partial charge in [0, 0.05) is 0 Å². The zero-order chi connectivity index (χ0) is 13.8. The zero-order valence-electron chi connectivity index (χ0n) is 10.5. The van der Waals surface area contributed by atoms with Crippen LogP contribution in [0.3, 0.4) is 0 Å². The lowest BCUT2D eigenvalue weighted by Crippen LogP contribution is -2.02. The van der Waals surface area contributed by atoms with E-state index in [2.05, 4.69) is 0 Å². The quantitative estimate of drug-likeness (QED) is 0.884. The molecule has 0 saturated carbocycles. The first kappa shape index (κ1) is 13.0. The van der Waals surface area contributed by atoms with Crippen LogP contribution in [0, 0.1) is 6.92 Å². The first-order chi connectivity index (χ1) is 9.06. The Morgan fingerprint density at radius 3 is 2.47 bits per heavy atom. The predicted octanol–water partition coefficient (Wildman–Crippen LogP) is 2.98. The lowest BCUT2D eigenvalue weighted by Gasteiger charge is -2.08. The molecule has 0 atom stereocenters. The van der Waals surface area contributed by atoms with Gasteiger partial charge >= 0.3 is 5.97 Å². The topological polar surface area (TPSA) is 66.8 Å². The number of ether oxygens (including phenoxy) is 1. The number of phenolic OH excluding ortho intramolecular Hbond substituents is 1. The molecule has 98 valence electrons. The van der Waals surface area contributed by atoms with Crippen LogP contribution < -0.4 is 4.74 Å². The van der Waals surface area contributed by atoms with Gasteiger partial charge in [-0.15, -0.1) is 0 Å². The number of aromatic hydroxyl groups is 1. The Morgan fingerprint density at radius 1 is 1.16 bits per heavy atom. The average Bonchev–Trinajstić information content (AvgIpc) is 2.39. The number of rotatable bonds is 4. The monoisotopic (exact) mass is 258 g/mol. The van der Waals surface area contributed by atoms with Gasteiger partial charge in [0.05, 0.1) is 5.56 Å². The number of carboxylic acids is 1. The van der Waals surface area contributed by atoms with Gasteiger partial charge < -0.3 is 14.9 Å². The fourth-order valence-corrected chi connectivity index (χ4v) is 1.70. The number of aryl methyl sites for hydroxylation is 1. The first-order valence-corrected chi connectivity index (χ1v) is 5.81. The molecule has 0 spiro atoms. The van der Waals surface area contributed by atoms with Crippen LogP contribution in [-0.2, 0) is 6.61 Å². The van der Waals surface area contributed by atoms with Gasteiger partial charge in [0.15, 0.2) is 0 Å². The standard InChI is InChI=1S/C15H14O4/c1-10-2-3-11(8-14(10)15(17)18)9-19-13-6-4-12(16)5-7-13/h2-8,16H,9H2,1H3,(H,17,18). The Bertz CT molecular complexity index is 588. The van der Waals surface area contributed by atoms with Crippen LogP contribution >= 0.6 is 0 Å². The van der Waals surface area contributed by atoms with E-state index in [1.165, 1.54) is 12.1 Å². The lowest BCUT2D eigenvalue weighted by atomic mass is 10.1. The number of carboxylic acid groups (broad SMARTS) is 1. The summed E-state index contributed by atoms with van der Waals surface area (Å²) in [6.45, 7) is 2.04. The number of aromatic carboxylic acids is 1. The number of benzene rings is 2. The Balaban J connectivity index is 2.09. The molecule has 0 saturated heterocycles. The van der Waals surface area contributed by atoms with Crippen molar-refractivity contribution in [2.24, 2.45) is 0 Å². The van der Waals surface area contributed by atoms with E-state index in [9.17, 15) is 4.79 Å². The molecule has 0 bridgehead atoms. The molecule has 0 heterocycles. The Labute approximate surface area is 110 Å². The highest BCUT2D eigenvalue weighted by Crippen LogP contribution is 2.18. The zero-order valence-corrected chi connectivity index (χ0v) is 10.5. The molecule has 0 aromatic heterocycles. The van der Waals surface area contributed by atoms with Crippen LogP contribution in [0.5, 0.6) is 11.5 Å². The van der Waals surface area contributed by atoms with Crippen molar-refractivity contribution in [2.45, 2.75) is 13.5 Å². The third-order valence-electron chi connectivity index (χ3n) is 2.77. The molecular weight excluding hydrogens is 244 g/mol. The molecule has 2 N–H and O–H groups in total. The second-order valence-corrected chi connectivity index (χ2v) is 4.24. The van der Waals surface area contributed by atoms with Gasteiger partial charge in [0.1, 0.15) is 18.1 Å². The molecular formula is C15H14O4. The van der Waals surface area contributed by atoms with Crippen LogP contribution in [-0.4, -0.2) is 16.2 Å². The molecule has 2 aromatic rings. The Hall–Kier alpha value is -2.49.